The van der Waals surface area contributed by atoms with Crippen LogP contribution >= 0.6 is 0 Å². The molecule has 88 valence electrons. The predicted molar refractivity (Wildman–Crippen MR) is 67.1 cm³/mol. The number of hydrogen-bond acceptors (Lipinski definition) is 4. The van der Waals surface area contributed by atoms with Crippen LogP contribution in [0.15, 0.2) is 42.9 Å². The van der Waals surface area contributed by atoms with Crippen molar-refractivity contribution in [2.24, 2.45) is 0 Å². The lowest BCUT2D eigenvalue weighted by molar-refractivity contribution is 0.222. The molecule has 0 aromatic carbocycles. The highest BCUT2D eigenvalue weighted by Crippen LogP contribution is 2.26. The summed E-state index contributed by atoms with van der Waals surface area (Å²) in [7, 11) is 1.85. The predicted octanol–water partition coefficient (Wildman–Crippen LogP) is 2.66. The first-order chi connectivity index (χ1) is 8.31. The molecule has 0 saturated carbocycles. The Morgan fingerprint density at radius 3 is 2.82 bits per heavy atom. The minimum Gasteiger partial charge on any atom is -0.481 e. The second kappa shape index (κ2) is 5.30. The molecule has 1 N–H and O–H groups in total. The van der Waals surface area contributed by atoms with E-state index in [0.717, 1.165) is 17.1 Å². The molecule has 1 atom stereocenters. The van der Waals surface area contributed by atoms with Crippen LogP contribution in [0.3, 0.4) is 0 Å². The number of nitrogens with zero attached hydrogens (tertiary/aromatic N) is 2. The van der Waals surface area contributed by atoms with Crippen molar-refractivity contribution in [3.05, 3.63) is 48.5 Å². The molecule has 4 heteroatoms. The average Bonchev–Trinajstić information content (AvgIpc) is 2.40. The van der Waals surface area contributed by atoms with Gasteiger partial charge in [-0.05, 0) is 25.1 Å². The number of pyridine rings is 2. The Morgan fingerprint density at radius 1 is 1.24 bits per heavy atom. The molecule has 1 unspecified atom stereocenters. The van der Waals surface area contributed by atoms with Crippen LogP contribution in [-0.4, -0.2) is 17.0 Å². The zero-order chi connectivity index (χ0) is 12.1. The second-order valence-corrected chi connectivity index (χ2v) is 3.64. The third kappa shape index (κ3) is 2.72. The van der Waals surface area contributed by atoms with Crippen LogP contribution in [0.1, 0.15) is 18.7 Å². The Balaban J connectivity index is 2.16. The zero-order valence-corrected chi connectivity index (χ0v) is 9.92. The van der Waals surface area contributed by atoms with Crippen LogP contribution in [0.25, 0.3) is 0 Å². The summed E-state index contributed by atoms with van der Waals surface area (Å²) in [6, 6.07) is 7.66. The standard InChI is InChI=1S/C13H15N3O/c1-10(11-5-3-4-7-16-11)17-13-9-15-8-6-12(13)14-2/h3-10H,1-2H3,(H,14,15). The van der Waals surface area contributed by atoms with Crippen LogP contribution < -0.4 is 10.1 Å². The molecule has 0 aliphatic heterocycles. The molecule has 0 bridgehead atoms. The van der Waals surface area contributed by atoms with Gasteiger partial charge in [-0.3, -0.25) is 9.97 Å². The molecule has 0 aliphatic rings. The minimum absolute atomic E-state index is 0.104. The molecule has 0 spiro atoms. The Kier molecular flexibility index (Phi) is 3.55. The van der Waals surface area contributed by atoms with E-state index in [0.29, 0.717) is 0 Å². The van der Waals surface area contributed by atoms with Gasteiger partial charge in [0.05, 0.1) is 17.6 Å². The van der Waals surface area contributed by atoms with Gasteiger partial charge in [-0.15, -0.1) is 0 Å². The highest BCUT2D eigenvalue weighted by Gasteiger charge is 2.10. The molecule has 2 heterocycles. The van der Waals surface area contributed by atoms with E-state index in [1.54, 1.807) is 18.6 Å². The highest BCUT2D eigenvalue weighted by molar-refractivity contribution is 5.54. The minimum atomic E-state index is -0.104. The fraction of sp³-hybridized carbons (Fsp3) is 0.231. The van der Waals surface area contributed by atoms with Crippen molar-refractivity contribution in [3.8, 4) is 5.75 Å². The summed E-state index contributed by atoms with van der Waals surface area (Å²) in [6.07, 6.45) is 5.08. The van der Waals surface area contributed by atoms with Crippen molar-refractivity contribution in [2.75, 3.05) is 12.4 Å². The summed E-state index contributed by atoms with van der Waals surface area (Å²) in [5.74, 6) is 0.730. The largest absolute Gasteiger partial charge is 0.481 e. The number of hydrogen-bond donors (Lipinski definition) is 1. The van der Waals surface area contributed by atoms with Gasteiger partial charge >= 0.3 is 0 Å². The second-order valence-electron chi connectivity index (χ2n) is 3.64. The van der Waals surface area contributed by atoms with E-state index < -0.39 is 0 Å². The molecular weight excluding hydrogens is 214 g/mol. The molecule has 4 nitrogen and oxygen atoms in total. The van der Waals surface area contributed by atoms with Crippen LogP contribution in [0, 0.1) is 0 Å². The SMILES string of the molecule is CNc1ccncc1OC(C)c1ccccn1. The Bertz CT molecular complexity index is 473. The average molecular weight is 229 g/mol. The first-order valence-electron chi connectivity index (χ1n) is 5.50. The molecule has 0 amide bonds. The van der Waals surface area contributed by atoms with Crippen molar-refractivity contribution in [3.63, 3.8) is 0 Å². The summed E-state index contributed by atoms with van der Waals surface area (Å²) in [5, 5.41) is 3.07. The number of rotatable bonds is 4. The number of nitrogens with one attached hydrogen (secondary N) is 1. The first-order valence-corrected chi connectivity index (χ1v) is 5.50. The summed E-state index contributed by atoms with van der Waals surface area (Å²) >= 11 is 0. The van der Waals surface area contributed by atoms with Crippen molar-refractivity contribution in [2.45, 2.75) is 13.0 Å². The lowest BCUT2D eigenvalue weighted by atomic mass is 10.2. The number of aromatic nitrogens is 2. The summed E-state index contributed by atoms with van der Waals surface area (Å²) in [6.45, 7) is 1.97. The molecule has 2 rings (SSSR count). The van der Waals surface area contributed by atoms with Gasteiger partial charge in [0, 0.05) is 19.4 Å². The lowest BCUT2D eigenvalue weighted by Crippen LogP contribution is -2.06. The summed E-state index contributed by atoms with van der Waals surface area (Å²) in [4.78, 5) is 8.32. The third-order valence-corrected chi connectivity index (χ3v) is 2.46. The molecule has 17 heavy (non-hydrogen) atoms. The molecule has 0 saturated heterocycles. The number of anilines is 1. The normalized spacial score (nSPS) is 11.9. The van der Waals surface area contributed by atoms with Gasteiger partial charge in [-0.25, -0.2) is 0 Å². The van der Waals surface area contributed by atoms with Gasteiger partial charge in [0.15, 0.2) is 5.75 Å². The maximum atomic E-state index is 5.83. The molecule has 2 aromatic rings. The van der Waals surface area contributed by atoms with Gasteiger partial charge in [0.1, 0.15) is 6.10 Å². The van der Waals surface area contributed by atoms with Gasteiger partial charge in [-0.2, -0.15) is 0 Å². The molecule has 0 aliphatic carbocycles. The van der Waals surface area contributed by atoms with E-state index in [4.69, 9.17) is 4.74 Å². The molecule has 0 fully saturated rings. The van der Waals surface area contributed by atoms with Crippen LogP contribution in [0.5, 0.6) is 5.75 Å². The van der Waals surface area contributed by atoms with Crippen molar-refractivity contribution in [1.29, 1.82) is 0 Å². The van der Waals surface area contributed by atoms with E-state index in [2.05, 4.69) is 15.3 Å². The monoisotopic (exact) mass is 229 g/mol. The maximum Gasteiger partial charge on any atom is 0.161 e. The topological polar surface area (TPSA) is 47.0 Å². The third-order valence-electron chi connectivity index (χ3n) is 2.46. The van der Waals surface area contributed by atoms with Gasteiger partial charge in [0.25, 0.3) is 0 Å². The zero-order valence-electron chi connectivity index (χ0n) is 9.92. The van der Waals surface area contributed by atoms with Gasteiger partial charge in [-0.1, -0.05) is 6.07 Å². The van der Waals surface area contributed by atoms with Crippen LogP contribution in [0.2, 0.25) is 0 Å². The van der Waals surface area contributed by atoms with Crippen LogP contribution in [-0.2, 0) is 0 Å². The van der Waals surface area contributed by atoms with Gasteiger partial charge < -0.3 is 10.1 Å². The van der Waals surface area contributed by atoms with Crippen LogP contribution in [0.4, 0.5) is 5.69 Å². The van der Waals surface area contributed by atoms with Crippen molar-refractivity contribution in [1.82, 2.24) is 9.97 Å². The van der Waals surface area contributed by atoms with E-state index in [1.807, 2.05) is 38.2 Å². The molecule has 2 aromatic heterocycles. The molecular formula is C13H15N3O. The fourth-order valence-electron chi connectivity index (χ4n) is 1.55. The first kappa shape index (κ1) is 11.4. The van der Waals surface area contributed by atoms with Crippen molar-refractivity contribution < 1.29 is 4.74 Å². The summed E-state index contributed by atoms with van der Waals surface area (Å²) < 4.78 is 5.83. The fourth-order valence-corrected chi connectivity index (χ4v) is 1.55. The Hall–Kier alpha value is -2.10. The Morgan fingerprint density at radius 2 is 2.12 bits per heavy atom. The highest BCUT2D eigenvalue weighted by atomic mass is 16.5. The van der Waals surface area contributed by atoms with Gasteiger partial charge in [0.2, 0.25) is 0 Å². The summed E-state index contributed by atoms with van der Waals surface area (Å²) in [5.41, 5.74) is 1.82. The lowest BCUT2D eigenvalue weighted by Gasteiger charge is -2.16. The van der Waals surface area contributed by atoms with E-state index >= 15 is 0 Å². The van der Waals surface area contributed by atoms with E-state index in [1.165, 1.54) is 0 Å². The quantitative estimate of drug-likeness (QED) is 0.875. The maximum absolute atomic E-state index is 5.83. The van der Waals surface area contributed by atoms with Crippen molar-refractivity contribution >= 4 is 5.69 Å². The number of ether oxygens (including phenoxy) is 1. The van der Waals surface area contributed by atoms with E-state index in [9.17, 15) is 0 Å². The smallest absolute Gasteiger partial charge is 0.161 e. The van der Waals surface area contributed by atoms with E-state index in [-0.39, 0.29) is 6.10 Å². The Labute approximate surface area is 101 Å². The molecule has 0 radical (unpaired) electrons.